The van der Waals surface area contributed by atoms with Gasteiger partial charge in [-0.25, -0.2) is 15.0 Å². The summed E-state index contributed by atoms with van der Waals surface area (Å²) in [6, 6.07) is 1.93. The second-order valence-corrected chi connectivity index (χ2v) is 6.13. The average molecular weight is 304 g/mol. The van der Waals surface area contributed by atoms with Crippen molar-refractivity contribution in [3.8, 4) is 5.88 Å². The highest BCUT2D eigenvalue weighted by molar-refractivity contribution is 7.09. The summed E-state index contributed by atoms with van der Waals surface area (Å²) in [4.78, 5) is 15.4. The predicted molar refractivity (Wildman–Crippen MR) is 84.2 cm³/mol. The molecule has 0 bridgehead atoms. The summed E-state index contributed by atoms with van der Waals surface area (Å²) >= 11 is 1.79. The maximum absolute atomic E-state index is 5.44. The summed E-state index contributed by atoms with van der Waals surface area (Å²) in [5, 5.41) is 3.42. The third-order valence-corrected chi connectivity index (χ3v) is 4.85. The third-order valence-electron chi connectivity index (χ3n) is 3.72. The van der Waals surface area contributed by atoms with Gasteiger partial charge in [0.25, 0.3) is 0 Å². The summed E-state index contributed by atoms with van der Waals surface area (Å²) in [6.07, 6.45) is 3.83. The Kier molecular flexibility index (Phi) is 4.34. The van der Waals surface area contributed by atoms with Crippen molar-refractivity contribution < 1.29 is 4.74 Å². The molecule has 0 amide bonds. The molecule has 1 aliphatic rings. The molecule has 2 aromatic heterocycles. The van der Waals surface area contributed by atoms with Crippen molar-refractivity contribution in [1.82, 2.24) is 15.0 Å². The summed E-state index contributed by atoms with van der Waals surface area (Å²) in [5.74, 6) is 2.20. The molecule has 0 aliphatic carbocycles. The first kappa shape index (κ1) is 14.3. The van der Waals surface area contributed by atoms with Crippen molar-refractivity contribution in [2.45, 2.75) is 32.6 Å². The number of aryl methyl sites for hydroxylation is 1. The van der Waals surface area contributed by atoms with Gasteiger partial charge in [-0.1, -0.05) is 0 Å². The first-order valence-corrected chi connectivity index (χ1v) is 8.26. The molecule has 0 saturated carbocycles. The van der Waals surface area contributed by atoms with Crippen LogP contribution in [0, 0.1) is 6.92 Å². The fourth-order valence-electron chi connectivity index (χ4n) is 2.64. The highest BCUT2D eigenvalue weighted by Gasteiger charge is 2.23. The van der Waals surface area contributed by atoms with E-state index in [-0.39, 0.29) is 0 Å². The molecule has 3 heterocycles. The quantitative estimate of drug-likeness (QED) is 0.869. The van der Waals surface area contributed by atoms with Gasteiger partial charge in [0.15, 0.2) is 0 Å². The van der Waals surface area contributed by atoms with Crippen LogP contribution in [0.15, 0.2) is 17.8 Å². The van der Waals surface area contributed by atoms with E-state index in [1.54, 1.807) is 17.7 Å². The van der Waals surface area contributed by atoms with E-state index < -0.39 is 0 Å². The Bertz CT molecular complexity index is 593. The number of aromatic nitrogens is 3. The number of piperidine rings is 1. The van der Waals surface area contributed by atoms with E-state index in [9.17, 15) is 0 Å². The fraction of sp³-hybridized carbons (Fsp3) is 0.533. The number of rotatable bonds is 4. The van der Waals surface area contributed by atoms with E-state index in [1.165, 1.54) is 5.01 Å². The molecule has 1 saturated heterocycles. The Morgan fingerprint density at radius 2 is 2.14 bits per heavy atom. The lowest BCUT2D eigenvalue weighted by Gasteiger charge is -2.31. The second kappa shape index (κ2) is 6.39. The van der Waals surface area contributed by atoms with Crippen LogP contribution in [0.4, 0.5) is 5.82 Å². The van der Waals surface area contributed by atoms with Gasteiger partial charge in [-0.05, 0) is 26.7 Å². The van der Waals surface area contributed by atoms with Crippen LogP contribution in [0.2, 0.25) is 0 Å². The largest absolute Gasteiger partial charge is 0.478 e. The minimum atomic E-state index is 0.591. The zero-order valence-corrected chi connectivity index (χ0v) is 13.3. The van der Waals surface area contributed by atoms with Crippen molar-refractivity contribution in [1.29, 1.82) is 0 Å². The lowest BCUT2D eigenvalue weighted by atomic mass is 9.97. The van der Waals surface area contributed by atoms with E-state index in [2.05, 4.69) is 32.2 Å². The van der Waals surface area contributed by atoms with Crippen molar-refractivity contribution >= 4 is 17.2 Å². The van der Waals surface area contributed by atoms with Gasteiger partial charge in [0, 0.05) is 36.1 Å². The maximum atomic E-state index is 5.44. The number of ether oxygens (including phenoxy) is 1. The van der Waals surface area contributed by atoms with Crippen LogP contribution >= 0.6 is 11.3 Å². The SMILES string of the molecule is CCOc1cc(N2CCC(c3nc(C)cs3)CC2)ncn1. The van der Waals surface area contributed by atoms with E-state index in [0.29, 0.717) is 18.4 Å². The highest BCUT2D eigenvalue weighted by Crippen LogP contribution is 2.31. The molecule has 0 spiro atoms. The van der Waals surface area contributed by atoms with Gasteiger partial charge in [0.1, 0.15) is 12.1 Å². The van der Waals surface area contributed by atoms with Crippen LogP contribution < -0.4 is 9.64 Å². The Balaban J connectivity index is 1.64. The molecule has 0 atom stereocenters. The van der Waals surface area contributed by atoms with Crippen LogP contribution in [-0.4, -0.2) is 34.6 Å². The zero-order chi connectivity index (χ0) is 14.7. The molecular formula is C15H20N4OS. The van der Waals surface area contributed by atoms with Crippen molar-refractivity contribution in [2.24, 2.45) is 0 Å². The van der Waals surface area contributed by atoms with E-state index in [4.69, 9.17) is 4.74 Å². The summed E-state index contributed by atoms with van der Waals surface area (Å²) in [5.41, 5.74) is 1.13. The van der Waals surface area contributed by atoms with Gasteiger partial charge in [-0.2, -0.15) is 0 Å². The number of hydrogen-bond acceptors (Lipinski definition) is 6. The van der Waals surface area contributed by atoms with Gasteiger partial charge in [-0.3, -0.25) is 0 Å². The molecule has 0 unspecified atom stereocenters. The monoisotopic (exact) mass is 304 g/mol. The van der Waals surface area contributed by atoms with Gasteiger partial charge >= 0.3 is 0 Å². The van der Waals surface area contributed by atoms with Gasteiger partial charge in [0.2, 0.25) is 5.88 Å². The number of anilines is 1. The zero-order valence-electron chi connectivity index (χ0n) is 12.5. The lowest BCUT2D eigenvalue weighted by molar-refractivity contribution is 0.326. The molecule has 1 fully saturated rings. The Morgan fingerprint density at radius 3 is 2.81 bits per heavy atom. The predicted octanol–water partition coefficient (Wildman–Crippen LogP) is 3.02. The Morgan fingerprint density at radius 1 is 1.33 bits per heavy atom. The fourth-order valence-corrected chi connectivity index (χ4v) is 3.61. The van der Waals surface area contributed by atoms with Crippen molar-refractivity contribution in [3.63, 3.8) is 0 Å². The van der Waals surface area contributed by atoms with Gasteiger partial charge in [0.05, 0.1) is 11.6 Å². The second-order valence-electron chi connectivity index (χ2n) is 5.24. The van der Waals surface area contributed by atoms with Gasteiger partial charge < -0.3 is 9.64 Å². The molecule has 2 aromatic rings. The van der Waals surface area contributed by atoms with Crippen molar-refractivity contribution in [2.75, 3.05) is 24.6 Å². The van der Waals surface area contributed by atoms with Crippen LogP contribution in [0.3, 0.4) is 0 Å². The molecule has 21 heavy (non-hydrogen) atoms. The number of hydrogen-bond donors (Lipinski definition) is 0. The molecule has 0 aromatic carbocycles. The highest BCUT2D eigenvalue weighted by atomic mass is 32.1. The lowest BCUT2D eigenvalue weighted by Crippen LogP contribution is -2.33. The minimum Gasteiger partial charge on any atom is -0.478 e. The van der Waals surface area contributed by atoms with Crippen LogP contribution in [0.25, 0.3) is 0 Å². The number of nitrogens with zero attached hydrogens (tertiary/aromatic N) is 4. The minimum absolute atomic E-state index is 0.591. The molecular weight excluding hydrogens is 284 g/mol. The van der Waals surface area contributed by atoms with Crippen LogP contribution in [0.1, 0.15) is 36.4 Å². The molecule has 0 radical (unpaired) electrons. The Labute approximate surface area is 129 Å². The topological polar surface area (TPSA) is 51.1 Å². The number of thiazole rings is 1. The molecule has 0 N–H and O–H groups in total. The average Bonchev–Trinajstić information content (AvgIpc) is 2.95. The first-order chi connectivity index (χ1) is 10.3. The normalized spacial score (nSPS) is 16.2. The Hall–Kier alpha value is -1.69. The molecule has 1 aliphatic heterocycles. The van der Waals surface area contributed by atoms with E-state index in [1.807, 2.05) is 13.0 Å². The summed E-state index contributed by atoms with van der Waals surface area (Å²) in [6.45, 7) is 6.66. The van der Waals surface area contributed by atoms with Gasteiger partial charge in [-0.15, -0.1) is 11.3 Å². The van der Waals surface area contributed by atoms with E-state index >= 15 is 0 Å². The summed E-state index contributed by atoms with van der Waals surface area (Å²) in [7, 11) is 0. The van der Waals surface area contributed by atoms with E-state index in [0.717, 1.165) is 37.4 Å². The maximum Gasteiger partial charge on any atom is 0.218 e. The molecule has 112 valence electrons. The summed E-state index contributed by atoms with van der Waals surface area (Å²) < 4.78 is 5.44. The smallest absolute Gasteiger partial charge is 0.218 e. The standard InChI is InChI=1S/C15H20N4OS/c1-3-20-14-8-13(16-10-17-14)19-6-4-12(5-7-19)15-18-11(2)9-21-15/h8-10,12H,3-7H2,1-2H3. The molecule has 5 nitrogen and oxygen atoms in total. The van der Waals surface area contributed by atoms with Crippen molar-refractivity contribution in [3.05, 3.63) is 28.5 Å². The van der Waals surface area contributed by atoms with Crippen LogP contribution in [-0.2, 0) is 0 Å². The molecule has 3 rings (SSSR count). The van der Waals surface area contributed by atoms with Crippen LogP contribution in [0.5, 0.6) is 5.88 Å². The third kappa shape index (κ3) is 3.32. The first-order valence-electron chi connectivity index (χ1n) is 7.38. The molecule has 6 heteroatoms.